The summed E-state index contributed by atoms with van der Waals surface area (Å²) in [5, 5.41) is 6.60. The molecule has 0 aliphatic carbocycles. The van der Waals surface area contributed by atoms with Crippen LogP contribution >= 0.6 is 0 Å². The van der Waals surface area contributed by atoms with Gasteiger partial charge in [0.2, 0.25) is 0 Å². The number of carbonyl (C=O) groups is 1. The second-order valence-corrected chi connectivity index (χ2v) is 8.84. The van der Waals surface area contributed by atoms with Crippen LogP contribution in [-0.2, 0) is 11.3 Å². The lowest BCUT2D eigenvalue weighted by atomic mass is 9.93. The third-order valence-corrected chi connectivity index (χ3v) is 6.11. The summed E-state index contributed by atoms with van der Waals surface area (Å²) in [5.41, 5.74) is 8.08. The molecule has 1 aliphatic heterocycles. The first-order chi connectivity index (χ1) is 15.4. The van der Waals surface area contributed by atoms with Crippen molar-refractivity contribution < 1.29 is 4.79 Å². The van der Waals surface area contributed by atoms with Gasteiger partial charge in [0.25, 0.3) is 5.91 Å². The Bertz CT molecular complexity index is 1140. The highest BCUT2D eigenvalue weighted by Gasteiger charge is 2.34. The molecule has 0 saturated heterocycles. The molecule has 1 atom stereocenters. The van der Waals surface area contributed by atoms with E-state index in [1.807, 2.05) is 37.4 Å². The fourth-order valence-electron chi connectivity index (χ4n) is 4.50. The van der Waals surface area contributed by atoms with Crippen LogP contribution in [-0.4, -0.2) is 35.1 Å². The number of nitrogens with zero attached hydrogens (tertiary/aromatic N) is 3. The van der Waals surface area contributed by atoms with Crippen molar-refractivity contribution in [3.63, 3.8) is 0 Å². The van der Waals surface area contributed by atoms with Crippen molar-refractivity contribution in [1.29, 1.82) is 0 Å². The zero-order valence-corrected chi connectivity index (χ0v) is 19.4. The molecular weight excluding hydrogens is 394 g/mol. The molecule has 3 aromatic carbocycles. The number of benzene rings is 3. The predicted molar refractivity (Wildman–Crippen MR) is 131 cm³/mol. The van der Waals surface area contributed by atoms with Gasteiger partial charge in [-0.3, -0.25) is 9.69 Å². The SMILES string of the molecule is Cc1ccc(C2=NN(C(=O)CN(C)Cc3ccccc3)[C@@H](c3ccccc3C)C2)c(C)c1. The van der Waals surface area contributed by atoms with Gasteiger partial charge in [0.1, 0.15) is 0 Å². The van der Waals surface area contributed by atoms with Gasteiger partial charge in [-0.15, -0.1) is 0 Å². The zero-order chi connectivity index (χ0) is 22.7. The molecule has 4 heteroatoms. The van der Waals surface area contributed by atoms with Gasteiger partial charge < -0.3 is 0 Å². The average molecular weight is 426 g/mol. The van der Waals surface area contributed by atoms with Crippen LogP contribution < -0.4 is 0 Å². The molecule has 32 heavy (non-hydrogen) atoms. The van der Waals surface area contributed by atoms with Crippen molar-refractivity contribution in [2.45, 2.75) is 39.8 Å². The Morgan fingerprint density at radius 2 is 1.69 bits per heavy atom. The van der Waals surface area contributed by atoms with Crippen LogP contribution in [0.2, 0.25) is 0 Å². The highest BCUT2D eigenvalue weighted by molar-refractivity contribution is 6.04. The molecule has 4 rings (SSSR count). The summed E-state index contributed by atoms with van der Waals surface area (Å²) in [4.78, 5) is 15.5. The van der Waals surface area contributed by atoms with Crippen LogP contribution in [0, 0.1) is 20.8 Å². The lowest BCUT2D eigenvalue weighted by molar-refractivity contribution is -0.134. The average Bonchev–Trinajstić information content (AvgIpc) is 3.19. The fourth-order valence-corrected chi connectivity index (χ4v) is 4.50. The van der Waals surface area contributed by atoms with E-state index in [-0.39, 0.29) is 11.9 Å². The highest BCUT2D eigenvalue weighted by atomic mass is 16.2. The normalized spacial score (nSPS) is 15.8. The minimum atomic E-state index is -0.0791. The van der Waals surface area contributed by atoms with Crippen LogP contribution in [0.4, 0.5) is 0 Å². The number of aryl methyl sites for hydroxylation is 3. The first kappa shape index (κ1) is 22.0. The second-order valence-electron chi connectivity index (χ2n) is 8.84. The van der Waals surface area contributed by atoms with Crippen LogP contribution in [0.5, 0.6) is 0 Å². The Labute approximate surface area is 191 Å². The van der Waals surface area contributed by atoms with E-state index in [2.05, 4.69) is 68.1 Å². The highest BCUT2D eigenvalue weighted by Crippen LogP contribution is 2.35. The molecular formula is C28H31N3O. The zero-order valence-electron chi connectivity index (χ0n) is 19.4. The molecule has 0 fully saturated rings. The maximum absolute atomic E-state index is 13.4. The second kappa shape index (κ2) is 9.49. The van der Waals surface area contributed by atoms with Gasteiger partial charge in [-0.1, -0.05) is 78.4 Å². The molecule has 1 heterocycles. The number of hydrazone groups is 1. The molecule has 1 aliphatic rings. The number of likely N-dealkylation sites (N-methyl/N-ethyl adjacent to an activating group) is 1. The first-order valence-corrected chi connectivity index (χ1v) is 11.2. The van der Waals surface area contributed by atoms with Crippen molar-refractivity contribution in [2.24, 2.45) is 5.10 Å². The number of hydrogen-bond acceptors (Lipinski definition) is 3. The van der Waals surface area contributed by atoms with Crippen molar-refractivity contribution >= 4 is 11.6 Å². The van der Waals surface area contributed by atoms with Gasteiger partial charge in [0.05, 0.1) is 18.3 Å². The van der Waals surface area contributed by atoms with E-state index < -0.39 is 0 Å². The van der Waals surface area contributed by atoms with Gasteiger partial charge in [-0.2, -0.15) is 5.10 Å². The Hall–Kier alpha value is -3.24. The first-order valence-electron chi connectivity index (χ1n) is 11.2. The molecule has 0 radical (unpaired) electrons. The Kier molecular flexibility index (Phi) is 6.52. The number of rotatable bonds is 6. The Morgan fingerprint density at radius 1 is 0.969 bits per heavy atom. The van der Waals surface area contributed by atoms with Gasteiger partial charge in [-0.25, -0.2) is 5.01 Å². The molecule has 164 valence electrons. The van der Waals surface area contributed by atoms with E-state index in [4.69, 9.17) is 5.10 Å². The lowest BCUT2D eigenvalue weighted by Gasteiger charge is -2.25. The van der Waals surface area contributed by atoms with E-state index in [0.29, 0.717) is 6.54 Å². The van der Waals surface area contributed by atoms with Crippen molar-refractivity contribution in [3.8, 4) is 0 Å². The lowest BCUT2D eigenvalue weighted by Crippen LogP contribution is -2.36. The van der Waals surface area contributed by atoms with E-state index >= 15 is 0 Å². The molecule has 4 nitrogen and oxygen atoms in total. The van der Waals surface area contributed by atoms with Crippen LogP contribution in [0.1, 0.15) is 45.8 Å². The van der Waals surface area contributed by atoms with Crippen molar-refractivity contribution in [2.75, 3.05) is 13.6 Å². The smallest absolute Gasteiger partial charge is 0.257 e. The third kappa shape index (κ3) is 4.81. The molecule has 0 bridgehead atoms. The molecule has 0 unspecified atom stereocenters. The summed E-state index contributed by atoms with van der Waals surface area (Å²) in [6, 6.07) is 24.9. The minimum absolute atomic E-state index is 0.0245. The van der Waals surface area contributed by atoms with Gasteiger partial charge >= 0.3 is 0 Å². The van der Waals surface area contributed by atoms with Gasteiger partial charge in [-0.05, 0) is 50.1 Å². The number of carbonyl (C=O) groups excluding carboxylic acids is 1. The summed E-state index contributed by atoms with van der Waals surface area (Å²) in [7, 11) is 1.98. The van der Waals surface area contributed by atoms with Crippen LogP contribution in [0.15, 0.2) is 77.9 Å². The van der Waals surface area contributed by atoms with Crippen LogP contribution in [0.25, 0.3) is 0 Å². The summed E-state index contributed by atoms with van der Waals surface area (Å²) >= 11 is 0. The monoisotopic (exact) mass is 425 g/mol. The molecule has 0 aromatic heterocycles. The summed E-state index contributed by atoms with van der Waals surface area (Å²) in [6.45, 7) is 7.37. The van der Waals surface area contributed by atoms with Crippen molar-refractivity contribution in [1.82, 2.24) is 9.91 Å². The predicted octanol–water partition coefficient (Wildman–Crippen LogP) is 5.42. The Morgan fingerprint density at radius 3 is 2.41 bits per heavy atom. The van der Waals surface area contributed by atoms with E-state index in [1.165, 1.54) is 22.3 Å². The summed E-state index contributed by atoms with van der Waals surface area (Å²) in [5.74, 6) is 0.0245. The van der Waals surface area contributed by atoms with Crippen molar-refractivity contribution in [3.05, 3.63) is 106 Å². The molecule has 0 saturated carbocycles. The van der Waals surface area contributed by atoms with E-state index in [9.17, 15) is 4.79 Å². The Balaban J connectivity index is 1.61. The topological polar surface area (TPSA) is 35.9 Å². The molecule has 1 amide bonds. The maximum atomic E-state index is 13.4. The largest absolute Gasteiger partial charge is 0.293 e. The maximum Gasteiger partial charge on any atom is 0.257 e. The minimum Gasteiger partial charge on any atom is -0.293 e. The third-order valence-electron chi connectivity index (χ3n) is 6.11. The molecule has 0 spiro atoms. The van der Waals surface area contributed by atoms with Crippen LogP contribution in [0.3, 0.4) is 0 Å². The van der Waals surface area contributed by atoms with Gasteiger partial charge in [0, 0.05) is 18.5 Å². The standard InChI is InChI=1S/C28H31N3O/c1-20-14-15-24(22(3)16-20)26-17-27(25-13-9-8-10-21(25)2)31(29-26)28(32)19-30(4)18-23-11-6-5-7-12-23/h5-16,27H,17-19H2,1-4H3/t27-/m1/s1. The fraction of sp³-hybridized carbons (Fsp3) is 0.286. The van der Waals surface area contributed by atoms with E-state index in [0.717, 1.165) is 29.8 Å². The summed E-state index contributed by atoms with van der Waals surface area (Å²) in [6.07, 6.45) is 0.725. The molecule has 3 aromatic rings. The quantitative estimate of drug-likeness (QED) is 0.529. The van der Waals surface area contributed by atoms with E-state index in [1.54, 1.807) is 5.01 Å². The number of hydrogen-bond donors (Lipinski definition) is 0. The summed E-state index contributed by atoms with van der Waals surface area (Å²) < 4.78 is 0. The molecule has 0 N–H and O–H groups in total. The van der Waals surface area contributed by atoms with Gasteiger partial charge in [0.15, 0.2) is 0 Å². The number of amides is 1.